The van der Waals surface area contributed by atoms with Crippen LogP contribution < -0.4 is 10.1 Å². The van der Waals surface area contributed by atoms with E-state index >= 15 is 0 Å². The number of ether oxygens (including phenoxy) is 2. The monoisotopic (exact) mass is 365 g/mol. The van der Waals surface area contributed by atoms with Crippen LogP contribution in [0.5, 0.6) is 5.75 Å². The maximum atomic E-state index is 12.9. The molecule has 0 fully saturated rings. The van der Waals surface area contributed by atoms with Crippen LogP contribution in [0.1, 0.15) is 10.4 Å². The van der Waals surface area contributed by atoms with Gasteiger partial charge in [0.15, 0.2) is 13.2 Å². The van der Waals surface area contributed by atoms with Gasteiger partial charge in [-0.1, -0.05) is 11.6 Å². The van der Waals surface area contributed by atoms with E-state index in [1.807, 2.05) is 0 Å². The smallest absolute Gasteiger partial charge is 0.344 e. The molecule has 2 aromatic rings. The third-order valence-electron chi connectivity index (χ3n) is 2.94. The molecular formula is C17H13ClFNO5. The fraction of sp³-hybridized carbons (Fsp3) is 0.118. The molecule has 0 aliphatic rings. The molecule has 2 rings (SSSR count). The van der Waals surface area contributed by atoms with Crippen molar-refractivity contribution in [1.29, 1.82) is 0 Å². The summed E-state index contributed by atoms with van der Waals surface area (Å²) in [5.41, 5.74) is 0.682. The second-order valence-electron chi connectivity index (χ2n) is 4.81. The summed E-state index contributed by atoms with van der Waals surface area (Å²) in [7, 11) is 0. The normalized spacial score (nSPS) is 10.0. The molecule has 0 saturated carbocycles. The molecular weight excluding hydrogens is 353 g/mol. The number of aldehydes is 1. The molecule has 6 nitrogen and oxygen atoms in total. The lowest BCUT2D eigenvalue weighted by Crippen LogP contribution is -2.23. The lowest BCUT2D eigenvalue weighted by atomic mass is 10.2. The molecule has 0 atom stereocenters. The first-order chi connectivity index (χ1) is 12.0. The van der Waals surface area contributed by atoms with Crippen molar-refractivity contribution < 1.29 is 28.2 Å². The number of hydrogen-bond acceptors (Lipinski definition) is 5. The third-order valence-corrected chi connectivity index (χ3v) is 3.26. The number of rotatable bonds is 7. The summed E-state index contributed by atoms with van der Waals surface area (Å²) in [5.74, 6) is -1.53. The summed E-state index contributed by atoms with van der Waals surface area (Å²) in [6, 6.07) is 9.61. The number of amides is 1. The van der Waals surface area contributed by atoms with Crippen LogP contribution in [0.2, 0.25) is 5.02 Å². The van der Waals surface area contributed by atoms with Crippen molar-refractivity contribution in [3.8, 4) is 5.75 Å². The van der Waals surface area contributed by atoms with Gasteiger partial charge in [0.2, 0.25) is 0 Å². The maximum absolute atomic E-state index is 12.9. The summed E-state index contributed by atoms with van der Waals surface area (Å²) in [6.45, 7) is -0.939. The summed E-state index contributed by atoms with van der Waals surface area (Å²) in [6.07, 6.45) is 0.685. The molecule has 130 valence electrons. The zero-order valence-electron chi connectivity index (χ0n) is 12.8. The first kappa shape index (κ1) is 18.4. The highest BCUT2D eigenvalue weighted by Gasteiger charge is 2.11. The number of carbonyl (C=O) groups excluding carboxylic acids is 3. The van der Waals surface area contributed by atoms with Gasteiger partial charge in [-0.3, -0.25) is 9.59 Å². The van der Waals surface area contributed by atoms with Gasteiger partial charge in [0, 0.05) is 5.56 Å². The van der Waals surface area contributed by atoms with Crippen LogP contribution in [0.15, 0.2) is 42.5 Å². The SMILES string of the molecule is O=Cc1ccc(OCC(=O)OCC(=O)Nc2ccc(F)cc2Cl)cc1. The zero-order valence-corrected chi connectivity index (χ0v) is 13.6. The number of halogens is 2. The lowest BCUT2D eigenvalue weighted by molar-refractivity contribution is -0.149. The number of hydrogen-bond donors (Lipinski definition) is 1. The minimum atomic E-state index is -0.750. The van der Waals surface area contributed by atoms with E-state index in [9.17, 15) is 18.8 Å². The van der Waals surface area contributed by atoms with Gasteiger partial charge in [-0.25, -0.2) is 9.18 Å². The van der Waals surface area contributed by atoms with E-state index in [4.69, 9.17) is 21.1 Å². The van der Waals surface area contributed by atoms with Gasteiger partial charge in [0.1, 0.15) is 17.9 Å². The quantitative estimate of drug-likeness (QED) is 0.602. The van der Waals surface area contributed by atoms with E-state index in [-0.39, 0.29) is 10.7 Å². The molecule has 0 spiro atoms. The molecule has 0 saturated heterocycles. The Morgan fingerprint density at radius 1 is 1.12 bits per heavy atom. The second kappa shape index (κ2) is 8.79. The zero-order chi connectivity index (χ0) is 18.2. The first-order valence-corrected chi connectivity index (χ1v) is 7.44. The highest BCUT2D eigenvalue weighted by atomic mass is 35.5. The van der Waals surface area contributed by atoms with Gasteiger partial charge in [-0.05, 0) is 42.5 Å². The number of esters is 1. The molecule has 25 heavy (non-hydrogen) atoms. The molecule has 8 heteroatoms. The van der Waals surface area contributed by atoms with Crippen LogP contribution in [0.3, 0.4) is 0 Å². The minimum Gasteiger partial charge on any atom is -0.482 e. The Hall–Kier alpha value is -2.93. The van der Waals surface area contributed by atoms with E-state index < -0.39 is 30.9 Å². The van der Waals surface area contributed by atoms with Crippen LogP contribution in [0, 0.1) is 5.82 Å². The summed E-state index contributed by atoms with van der Waals surface area (Å²) in [5, 5.41) is 2.42. The van der Waals surface area contributed by atoms with E-state index in [1.54, 1.807) is 0 Å². The average molecular weight is 366 g/mol. The van der Waals surface area contributed by atoms with Crippen LogP contribution in [0.4, 0.5) is 10.1 Å². The number of carbonyl (C=O) groups is 3. The second-order valence-corrected chi connectivity index (χ2v) is 5.22. The summed E-state index contributed by atoms with van der Waals surface area (Å²) < 4.78 is 22.8. The van der Waals surface area contributed by atoms with Gasteiger partial charge in [0.25, 0.3) is 5.91 Å². The van der Waals surface area contributed by atoms with Gasteiger partial charge in [-0.2, -0.15) is 0 Å². The van der Waals surface area contributed by atoms with Crippen molar-refractivity contribution in [2.45, 2.75) is 0 Å². The molecule has 0 aliphatic heterocycles. The highest BCUT2D eigenvalue weighted by Crippen LogP contribution is 2.22. The van der Waals surface area contributed by atoms with Crippen molar-refractivity contribution in [3.63, 3.8) is 0 Å². The number of nitrogens with one attached hydrogen (secondary N) is 1. The Labute approximate surface area is 147 Å². The minimum absolute atomic E-state index is 0.0294. The molecule has 0 heterocycles. The number of anilines is 1. The molecule has 0 aliphatic carbocycles. The fourth-order valence-corrected chi connectivity index (χ4v) is 1.96. The van der Waals surface area contributed by atoms with Crippen molar-refractivity contribution in [2.24, 2.45) is 0 Å². The Morgan fingerprint density at radius 3 is 2.48 bits per heavy atom. The van der Waals surface area contributed by atoms with Crippen molar-refractivity contribution in [2.75, 3.05) is 18.5 Å². The van der Waals surface area contributed by atoms with Crippen LogP contribution in [-0.2, 0) is 14.3 Å². The Kier molecular flexibility index (Phi) is 6.47. The predicted octanol–water partition coefficient (Wildman–Crippen LogP) is 2.85. The van der Waals surface area contributed by atoms with E-state index in [1.165, 1.54) is 30.3 Å². The van der Waals surface area contributed by atoms with Crippen LogP contribution in [-0.4, -0.2) is 31.4 Å². The largest absolute Gasteiger partial charge is 0.482 e. The van der Waals surface area contributed by atoms with Gasteiger partial charge in [-0.15, -0.1) is 0 Å². The first-order valence-electron chi connectivity index (χ1n) is 7.06. The predicted molar refractivity (Wildman–Crippen MR) is 88.3 cm³/mol. The van der Waals surface area contributed by atoms with Crippen molar-refractivity contribution >= 4 is 35.5 Å². The maximum Gasteiger partial charge on any atom is 0.344 e. The van der Waals surface area contributed by atoms with Crippen molar-refractivity contribution in [3.05, 3.63) is 58.9 Å². The summed E-state index contributed by atoms with van der Waals surface area (Å²) in [4.78, 5) is 33.8. The Bertz CT molecular complexity index is 779. The van der Waals surface area contributed by atoms with E-state index in [2.05, 4.69) is 5.32 Å². The molecule has 1 amide bonds. The standard InChI is InChI=1S/C17H13ClFNO5/c18-14-7-12(19)3-6-15(14)20-16(22)9-25-17(23)10-24-13-4-1-11(8-21)2-5-13/h1-8H,9-10H2,(H,20,22). The van der Waals surface area contributed by atoms with Crippen molar-refractivity contribution in [1.82, 2.24) is 0 Å². The van der Waals surface area contributed by atoms with Gasteiger partial charge >= 0.3 is 5.97 Å². The highest BCUT2D eigenvalue weighted by molar-refractivity contribution is 6.33. The lowest BCUT2D eigenvalue weighted by Gasteiger charge is -2.09. The van der Waals surface area contributed by atoms with Crippen LogP contribution >= 0.6 is 11.6 Å². The Morgan fingerprint density at radius 2 is 1.84 bits per heavy atom. The fourth-order valence-electron chi connectivity index (χ4n) is 1.75. The summed E-state index contributed by atoms with van der Waals surface area (Å²) >= 11 is 5.77. The van der Waals surface area contributed by atoms with Crippen LogP contribution in [0.25, 0.3) is 0 Å². The molecule has 1 N–H and O–H groups in total. The molecule has 0 radical (unpaired) electrons. The van der Waals surface area contributed by atoms with E-state index in [0.717, 1.165) is 12.1 Å². The Balaban J connectivity index is 1.75. The molecule has 0 unspecified atom stereocenters. The topological polar surface area (TPSA) is 81.7 Å². The van der Waals surface area contributed by atoms with Gasteiger partial charge in [0.05, 0.1) is 10.7 Å². The average Bonchev–Trinajstić information content (AvgIpc) is 2.61. The molecule has 0 bridgehead atoms. The third kappa shape index (κ3) is 5.89. The van der Waals surface area contributed by atoms with Gasteiger partial charge < -0.3 is 14.8 Å². The van der Waals surface area contributed by atoms with E-state index in [0.29, 0.717) is 17.6 Å². The number of benzene rings is 2. The molecule has 2 aromatic carbocycles. The molecule has 0 aromatic heterocycles.